The maximum Gasteiger partial charge on any atom is 0.135 e. The van der Waals surface area contributed by atoms with Crippen molar-refractivity contribution >= 4 is 67.1 Å². The van der Waals surface area contributed by atoms with Gasteiger partial charge in [0.2, 0.25) is 0 Å². The quantitative estimate of drug-likeness (QED) is 0.134. The number of rotatable bonds is 3. The van der Waals surface area contributed by atoms with Gasteiger partial charge in [0, 0.05) is 21.9 Å². The number of fused-ring (bicyclic) bond motifs is 4. The molecule has 10 aromatic carbocycles. The van der Waals surface area contributed by atoms with Crippen molar-refractivity contribution < 1.29 is 9.47 Å². The first-order valence-electron chi connectivity index (χ1n) is 19.3. The highest BCUT2D eigenvalue weighted by atomic mass is 28.3. The highest BCUT2D eigenvalue weighted by Crippen LogP contribution is 2.52. The van der Waals surface area contributed by atoms with Crippen molar-refractivity contribution in [2.24, 2.45) is 0 Å². The van der Waals surface area contributed by atoms with Gasteiger partial charge in [0.1, 0.15) is 23.0 Å². The van der Waals surface area contributed by atoms with Gasteiger partial charge in [0.05, 0.1) is 8.07 Å². The molecular formula is C52H36O2Si. The molecule has 0 amide bonds. The van der Waals surface area contributed by atoms with E-state index in [0.717, 1.165) is 34.1 Å². The Morgan fingerprint density at radius 2 is 0.782 bits per heavy atom. The molecular weight excluding hydrogens is 685 g/mol. The molecule has 2 heterocycles. The monoisotopic (exact) mass is 720 g/mol. The molecule has 2 nitrogen and oxygen atoms in total. The van der Waals surface area contributed by atoms with E-state index in [1.54, 1.807) is 0 Å². The summed E-state index contributed by atoms with van der Waals surface area (Å²) in [5.74, 6) is 3.67. The SMILES string of the molecule is Cc1cc(-c2ccc3c4c(cccc24)-c2ccccc2O3)c2ccc3c([Si](C)(C)C)cc(-c4ccc5c6c(cccc46)-c4ccccc4O5)c4ccc1c2c43. The molecule has 0 fully saturated rings. The number of hydrogen-bond donors (Lipinski definition) is 0. The van der Waals surface area contributed by atoms with E-state index in [-0.39, 0.29) is 0 Å². The first-order chi connectivity index (χ1) is 26.8. The number of para-hydroxylation sites is 2. The lowest BCUT2D eigenvalue weighted by Crippen LogP contribution is -2.38. The van der Waals surface area contributed by atoms with Gasteiger partial charge >= 0.3 is 0 Å². The predicted molar refractivity (Wildman–Crippen MR) is 235 cm³/mol. The Balaban J connectivity index is 1.17. The Hall–Kier alpha value is -6.42. The number of benzene rings is 10. The third-order valence-corrected chi connectivity index (χ3v) is 14.3. The molecule has 0 saturated heterocycles. The topological polar surface area (TPSA) is 18.5 Å². The number of hydrogen-bond acceptors (Lipinski definition) is 2. The first-order valence-corrected chi connectivity index (χ1v) is 22.8. The predicted octanol–water partition coefficient (Wildman–Crippen LogP) is 14.6. The zero-order valence-corrected chi connectivity index (χ0v) is 32.2. The molecule has 55 heavy (non-hydrogen) atoms. The lowest BCUT2D eigenvalue weighted by atomic mass is 9.83. The number of ether oxygens (including phenoxy) is 2. The van der Waals surface area contributed by atoms with Gasteiger partial charge in [-0.05, 0) is 113 Å². The van der Waals surface area contributed by atoms with E-state index < -0.39 is 8.07 Å². The summed E-state index contributed by atoms with van der Waals surface area (Å²) in [5, 5.41) is 14.3. The Morgan fingerprint density at radius 1 is 0.327 bits per heavy atom. The van der Waals surface area contributed by atoms with Crippen molar-refractivity contribution in [3.8, 4) is 67.5 Å². The van der Waals surface area contributed by atoms with E-state index in [4.69, 9.17) is 9.47 Å². The van der Waals surface area contributed by atoms with Crippen LogP contribution >= 0.6 is 0 Å². The second-order valence-corrected chi connectivity index (χ2v) is 21.4. The van der Waals surface area contributed by atoms with E-state index in [2.05, 4.69) is 160 Å². The molecule has 0 bridgehead atoms. The van der Waals surface area contributed by atoms with Gasteiger partial charge in [-0.2, -0.15) is 0 Å². The summed E-state index contributed by atoms with van der Waals surface area (Å²) in [4.78, 5) is 0. The van der Waals surface area contributed by atoms with Gasteiger partial charge in [-0.25, -0.2) is 0 Å². The fraction of sp³-hybridized carbons (Fsp3) is 0.0769. The highest BCUT2D eigenvalue weighted by Gasteiger charge is 2.28. The zero-order chi connectivity index (χ0) is 36.7. The molecule has 0 spiro atoms. The van der Waals surface area contributed by atoms with Gasteiger partial charge in [-0.15, -0.1) is 0 Å². The summed E-state index contributed by atoms with van der Waals surface area (Å²) in [6.45, 7) is 9.73. The minimum Gasteiger partial charge on any atom is -0.456 e. The molecule has 0 aliphatic carbocycles. The molecule has 0 saturated carbocycles. The van der Waals surface area contributed by atoms with Crippen molar-refractivity contribution in [1.29, 1.82) is 0 Å². The zero-order valence-electron chi connectivity index (χ0n) is 31.2. The Morgan fingerprint density at radius 3 is 1.35 bits per heavy atom. The van der Waals surface area contributed by atoms with E-state index in [0.29, 0.717) is 0 Å². The van der Waals surface area contributed by atoms with E-state index in [9.17, 15) is 0 Å². The number of aryl methyl sites for hydroxylation is 1. The first kappa shape index (κ1) is 31.0. The average Bonchev–Trinajstić information content (AvgIpc) is 3.20. The average molecular weight is 721 g/mol. The van der Waals surface area contributed by atoms with Gasteiger partial charge in [0.15, 0.2) is 0 Å². The van der Waals surface area contributed by atoms with E-state index in [1.165, 1.54) is 98.0 Å². The van der Waals surface area contributed by atoms with Crippen LogP contribution in [0.25, 0.3) is 98.4 Å². The van der Waals surface area contributed by atoms with Crippen molar-refractivity contribution in [1.82, 2.24) is 0 Å². The molecule has 0 N–H and O–H groups in total. The van der Waals surface area contributed by atoms with Crippen LogP contribution < -0.4 is 14.7 Å². The Kier molecular flexibility index (Phi) is 6.11. The Bertz CT molecular complexity index is 3310. The standard InChI is InChI=1S/C52H36O2Si/c1-29-27-42(31-23-25-46-49-35(31)13-9-15-37(49)33-11-5-7-17-44(33)53-46)39-21-22-41-48(55(2,3)4)28-43(40-20-19-30(29)51(39)52(40)41)32-24-26-47-50-36(32)14-10-16-38(50)34-12-6-8-18-45(34)54-47/h5-28H,1-4H3. The van der Waals surface area contributed by atoms with Gasteiger partial charge in [0.25, 0.3) is 0 Å². The summed E-state index contributed by atoms with van der Waals surface area (Å²) >= 11 is 0. The van der Waals surface area contributed by atoms with Crippen molar-refractivity contribution in [2.45, 2.75) is 26.6 Å². The van der Waals surface area contributed by atoms with Crippen molar-refractivity contribution in [3.63, 3.8) is 0 Å². The van der Waals surface area contributed by atoms with Gasteiger partial charge in [-0.1, -0.05) is 146 Å². The molecule has 12 rings (SSSR count). The van der Waals surface area contributed by atoms with Crippen LogP contribution in [0.4, 0.5) is 0 Å². The second-order valence-electron chi connectivity index (χ2n) is 16.4. The third kappa shape index (κ3) is 4.19. The van der Waals surface area contributed by atoms with E-state index >= 15 is 0 Å². The second kappa shape index (κ2) is 10.8. The lowest BCUT2D eigenvalue weighted by molar-refractivity contribution is 0.487. The van der Waals surface area contributed by atoms with Crippen LogP contribution in [0.2, 0.25) is 19.6 Å². The molecule has 2 aliphatic heterocycles. The van der Waals surface area contributed by atoms with Crippen LogP contribution in [0.3, 0.4) is 0 Å². The third-order valence-electron chi connectivity index (χ3n) is 12.3. The molecule has 0 unspecified atom stereocenters. The fourth-order valence-electron chi connectivity index (χ4n) is 9.87. The summed E-state index contributed by atoms with van der Waals surface area (Å²) in [6.07, 6.45) is 0. The minimum atomic E-state index is -1.83. The Labute approximate surface area is 320 Å². The summed E-state index contributed by atoms with van der Waals surface area (Å²) in [5.41, 5.74) is 11.1. The maximum absolute atomic E-state index is 6.54. The van der Waals surface area contributed by atoms with Crippen LogP contribution in [0.1, 0.15) is 5.56 Å². The van der Waals surface area contributed by atoms with Crippen LogP contribution in [-0.2, 0) is 0 Å². The smallest absolute Gasteiger partial charge is 0.135 e. The molecule has 0 atom stereocenters. The maximum atomic E-state index is 6.54. The van der Waals surface area contributed by atoms with Crippen LogP contribution in [0, 0.1) is 6.92 Å². The molecule has 0 aromatic heterocycles. The van der Waals surface area contributed by atoms with Crippen LogP contribution in [0.5, 0.6) is 23.0 Å². The van der Waals surface area contributed by atoms with Crippen molar-refractivity contribution in [2.75, 3.05) is 0 Å². The molecule has 3 heteroatoms. The van der Waals surface area contributed by atoms with E-state index in [1.807, 2.05) is 12.1 Å². The molecule has 2 aliphatic rings. The fourth-order valence-corrected chi connectivity index (χ4v) is 11.5. The van der Waals surface area contributed by atoms with Crippen LogP contribution in [0.15, 0.2) is 146 Å². The largest absolute Gasteiger partial charge is 0.456 e. The minimum absolute atomic E-state index is 0.913. The highest BCUT2D eigenvalue weighted by molar-refractivity contribution is 6.90. The summed E-state index contributed by atoms with van der Waals surface area (Å²) < 4.78 is 13.1. The molecule has 10 aromatic rings. The van der Waals surface area contributed by atoms with Crippen molar-refractivity contribution in [3.05, 3.63) is 151 Å². The van der Waals surface area contributed by atoms with Gasteiger partial charge < -0.3 is 9.47 Å². The van der Waals surface area contributed by atoms with Gasteiger partial charge in [-0.3, -0.25) is 0 Å². The summed E-state index contributed by atoms with van der Waals surface area (Å²) in [7, 11) is -1.83. The normalized spacial score (nSPS) is 13.0. The lowest BCUT2D eigenvalue weighted by Gasteiger charge is -2.27. The molecule has 0 radical (unpaired) electrons. The summed E-state index contributed by atoms with van der Waals surface area (Å²) in [6, 6.07) is 53.7. The molecule has 260 valence electrons. The van der Waals surface area contributed by atoms with Crippen LogP contribution in [-0.4, -0.2) is 8.07 Å².